The highest BCUT2D eigenvalue weighted by molar-refractivity contribution is 5.30. The van der Waals surface area contributed by atoms with E-state index in [1.807, 2.05) is 54.2 Å². The number of nitrogens with zero attached hydrogens (tertiary/aromatic N) is 4. The third-order valence-corrected chi connectivity index (χ3v) is 3.11. The van der Waals surface area contributed by atoms with Crippen LogP contribution in [0.4, 0.5) is 0 Å². The predicted molar refractivity (Wildman–Crippen MR) is 80.9 cm³/mol. The van der Waals surface area contributed by atoms with Gasteiger partial charge in [0.2, 0.25) is 0 Å². The molecule has 0 amide bonds. The van der Waals surface area contributed by atoms with Gasteiger partial charge in [0.05, 0.1) is 22.8 Å². The van der Waals surface area contributed by atoms with Crippen LogP contribution in [0.25, 0.3) is 5.69 Å². The first kappa shape index (κ1) is 13.5. The lowest BCUT2D eigenvalue weighted by molar-refractivity contribution is 0.656. The zero-order valence-electron chi connectivity index (χ0n) is 11.9. The first-order chi connectivity index (χ1) is 10.3. The molecule has 0 aliphatic heterocycles. The summed E-state index contributed by atoms with van der Waals surface area (Å²) in [7, 11) is 0. The Morgan fingerprint density at radius 1 is 0.952 bits per heavy atom. The van der Waals surface area contributed by atoms with Crippen LogP contribution in [0, 0.1) is 6.92 Å². The SMILES string of the molecule is Cc1cnc(CNCc2ccn(-c3ccccc3)n2)cn1. The van der Waals surface area contributed by atoms with Crippen LogP contribution < -0.4 is 5.32 Å². The van der Waals surface area contributed by atoms with Crippen LogP contribution in [0.15, 0.2) is 55.0 Å². The number of hydrogen-bond acceptors (Lipinski definition) is 4. The largest absolute Gasteiger partial charge is 0.305 e. The molecule has 0 unspecified atom stereocenters. The molecule has 2 heterocycles. The summed E-state index contributed by atoms with van der Waals surface area (Å²) in [6.45, 7) is 3.32. The third-order valence-electron chi connectivity index (χ3n) is 3.11. The maximum absolute atomic E-state index is 4.54. The van der Waals surface area contributed by atoms with Gasteiger partial charge in [-0.05, 0) is 25.1 Å². The average molecular weight is 279 g/mol. The van der Waals surface area contributed by atoms with Crippen LogP contribution in [0.1, 0.15) is 17.1 Å². The van der Waals surface area contributed by atoms with Crippen molar-refractivity contribution in [3.05, 3.63) is 72.1 Å². The Balaban J connectivity index is 1.57. The molecule has 0 fully saturated rings. The molecule has 0 atom stereocenters. The van der Waals surface area contributed by atoms with E-state index in [1.54, 1.807) is 12.4 Å². The highest BCUT2D eigenvalue weighted by atomic mass is 15.3. The molecule has 0 bridgehead atoms. The number of para-hydroxylation sites is 1. The molecule has 3 aromatic rings. The van der Waals surface area contributed by atoms with Crippen LogP contribution >= 0.6 is 0 Å². The fourth-order valence-corrected chi connectivity index (χ4v) is 2.01. The summed E-state index contributed by atoms with van der Waals surface area (Å²) in [6, 6.07) is 12.1. The van der Waals surface area contributed by atoms with Crippen molar-refractivity contribution in [3.8, 4) is 5.69 Å². The average Bonchev–Trinajstić information content (AvgIpc) is 2.99. The summed E-state index contributed by atoms with van der Waals surface area (Å²) < 4.78 is 1.88. The van der Waals surface area contributed by atoms with Gasteiger partial charge in [0, 0.05) is 31.7 Å². The minimum atomic E-state index is 0.686. The van der Waals surface area contributed by atoms with E-state index in [2.05, 4.69) is 20.4 Å². The highest BCUT2D eigenvalue weighted by Crippen LogP contribution is 2.06. The molecule has 0 radical (unpaired) electrons. The van der Waals surface area contributed by atoms with Gasteiger partial charge in [0.25, 0.3) is 0 Å². The molecule has 0 saturated carbocycles. The standard InChI is InChI=1S/C16H17N5/c1-13-9-19-15(12-18-13)11-17-10-14-7-8-21(20-14)16-5-3-2-4-6-16/h2-9,12,17H,10-11H2,1H3. The summed E-state index contributed by atoms with van der Waals surface area (Å²) in [4.78, 5) is 8.54. The molecule has 106 valence electrons. The number of aryl methyl sites for hydroxylation is 1. The second kappa shape index (κ2) is 6.28. The van der Waals surface area contributed by atoms with E-state index >= 15 is 0 Å². The lowest BCUT2D eigenvalue weighted by Gasteiger charge is -2.03. The summed E-state index contributed by atoms with van der Waals surface area (Å²) in [6.07, 6.45) is 5.55. The Morgan fingerprint density at radius 3 is 2.52 bits per heavy atom. The molecule has 2 aromatic heterocycles. The van der Waals surface area contributed by atoms with Crippen molar-refractivity contribution in [1.29, 1.82) is 0 Å². The smallest absolute Gasteiger partial charge is 0.0767 e. The van der Waals surface area contributed by atoms with Crippen molar-refractivity contribution in [2.75, 3.05) is 0 Å². The normalized spacial score (nSPS) is 10.7. The van der Waals surface area contributed by atoms with Crippen molar-refractivity contribution in [1.82, 2.24) is 25.1 Å². The number of nitrogens with one attached hydrogen (secondary N) is 1. The fourth-order valence-electron chi connectivity index (χ4n) is 2.01. The van der Waals surface area contributed by atoms with E-state index in [-0.39, 0.29) is 0 Å². The number of benzene rings is 1. The van der Waals surface area contributed by atoms with Gasteiger partial charge in [-0.3, -0.25) is 9.97 Å². The van der Waals surface area contributed by atoms with Crippen molar-refractivity contribution >= 4 is 0 Å². The van der Waals surface area contributed by atoms with Gasteiger partial charge < -0.3 is 5.32 Å². The van der Waals surface area contributed by atoms with Crippen LogP contribution in [-0.4, -0.2) is 19.7 Å². The summed E-state index contributed by atoms with van der Waals surface area (Å²) >= 11 is 0. The van der Waals surface area contributed by atoms with Crippen molar-refractivity contribution in [2.45, 2.75) is 20.0 Å². The topological polar surface area (TPSA) is 55.6 Å². The van der Waals surface area contributed by atoms with E-state index < -0.39 is 0 Å². The Kier molecular flexibility index (Phi) is 4.02. The lowest BCUT2D eigenvalue weighted by atomic mass is 10.3. The molecule has 0 saturated heterocycles. The molecule has 0 spiro atoms. The second-order valence-electron chi connectivity index (χ2n) is 4.84. The van der Waals surface area contributed by atoms with Crippen LogP contribution in [0.5, 0.6) is 0 Å². The summed E-state index contributed by atoms with van der Waals surface area (Å²) in [5.41, 5.74) is 3.93. The molecule has 5 heteroatoms. The number of aromatic nitrogens is 4. The van der Waals surface area contributed by atoms with Gasteiger partial charge in [0.1, 0.15) is 0 Å². The van der Waals surface area contributed by atoms with E-state index in [0.717, 1.165) is 22.8 Å². The van der Waals surface area contributed by atoms with E-state index in [4.69, 9.17) is 0 Å². The van der Waals surface area contributed by atoms with Gasteiger partial charge in [-0.25, -0.2) is 4.68 Å². The van der Waals surface area contributed by atoms with Crippen LogP contribution in [-0.2, 0) is 13.1 Å². The van der Waals surface area contributed by atoms with Gasteiger partial charge in [-0.15, -0.1) is 0 Å². The van der Waals surface area contributed by atoms with Crippen molar-refractivity contribution < 1.29 is 0 Å². The lowest BCUT2D eigenvalue weighted by Crippen LogP contribution is -2.14. The van der Waals surface area contributed by atoms with Crippen LogP contribution in [0.2, 0.25) is 0 Å². The van der Waals surface area contributed by atoms with Crippen molar-refractivity contribution in [3.63, 3.8) is 0 Å². The fraction of sp³-hybridized carbons (Fsp3) is 0.188. The van der Waals surface area contributed by atoms with Crippen LogP contribution in [0.3, 0.4) is 0 Å². The maximum atomic E-state index is 4.54. The first-order valence-corrected chi connectivity index (χ1v) is 6.89. The number of rotatable bonds is 5. The van der Waals surface area contributed by atoms with E-state index in [9.17, 15) is 0 Å². The Bertz CT molecular complexity index is 688. The molecule has 5 nitrogen and oxygen atoms in total. The quantitative estimate of drug-likeness (QED) is 0.778. The Labute approximate surface area is 123 Å². The van der Waals surface area contributed by atoms with Gasteiger partial charge in [-0.2, -0.15) is 5.10 Å². The third kappa shape index (κ3) is 3.52. The second-order valence-corrected chi connectivity index (χ2v) is 4.84. The van der Waals surface area contributed by atoms with E-state index in [1.165, 1.54) is 0 Å². The number of hydrogen-bond donors (Lipinski definition) is 1. The van der Waals surface area contributed by atoms with Crippen molar-refractivity contribution in [2.24, 2.45) is 0 Å². The summed E-state index contributed by atoms with van der Waals surface area (Å²) in [5, 5.41) is 7.87. The minimum Gasteiger partial charge on any atom is -0.305 e. The Hall–Kier alpha value is -2.53. The molecule has 1 N–H and O–H groups in total. The monoisotopic (exact) mass is 279 g/mol. The maximum Gasteiger partial charge on any atom is 0.0767 e. The van der Waals surface area contributed by atoms with Gasteiger partial charge in [-0.1, -0.05) is 18.2 Å². The molecule has 0 aliphatic rings. The molecule has 1 aromatic carbocycles. The minimum absolute atomic E-state index is 0.686. The molecular formula is C16H17N5. The van der Waals surface area contributed by atoms with E-state index in [0.29, 0.717) is 13.1 Å². The Morgan fingerprint density at radius 2 is 1.76 bits per heavy atom. The molecule has 3 rings (SSSR count). The molecule has 0 aliphatic carbocycles. The molecule has 21 heavy (non-hydrogen) atoms. The van der Waals surface area contributed by atoms with Gasteiger partial charge in [0.15, 0.2) is 0 Å². The highest BCUT2D eigenvalue weighted by Gasteiger charge is 2.01. The zero-order chi connectivity index (χ0) is 14.5. The van der Waals surface area contributed by atoms with Gasteiger partial charge >= 0.3 is 0 Å². The first-order valence-electron chi connectivity index (χ1n) is 6.89. The predicted octanol–water partition coefficient (Wildman–Crippen LogP) is 2.26. The zero-order valence-corrected chi connectivity index (χ0v) is 11.9. The summed E-state index contributed by atoms with van der Waals surface area (Å²) in [5.74, 6) is 0. The molecular weight excluding hydrogens is 262 g/mol.